The first kappa shape index (κ1) is 16.8. The average molecular weight is 305 g/mol. The van der Waals surface area contributed by atoms with Crippen molar-refractivity contribution >= 4 is 0 Å². The highest BCUT2D eigenvalue weighted by Crippen LogP contribution is 2.39. The van der Waals surface area contributed by atoms with Crippen molar-refractivity contribution in [3.63, 3.8) is 0 Å². The van der Waals surface area contributed by atoms with E-state index in [2.05, 4.69) is 4.74 Å². The largest absolute Gasteiger partial charge is 0.464 e. The van der Waals surface area contributed by atoms with Gasteiger partial charge in [0, 0.05) is 6.04 Å². The van der Waals surface area contributed by atoms with Crippen molar-refractivity contribution in [3.05, 3.63) is 23.7 Å². The van der Waals surface area contributed by atoms with Crippen molar-refractivity contribution in [2.45, 2.75) is 44.4 Å². The topological polar surface area (TPSA) is 48.4 Å². The summed E-state index contributed by atoms with van der Waals surface area (Å²) in [5, 5.41) is 0. The highest BCUT2D eigenvalue weighted by Gasteiger charge is 2.59. The summed E-state index contributed by atoms with van der Waals surface area (Å²) >= 11 is 0. The van der Waals surface area contributed by atoms with E-state index in [1.165, 1.54) is 26.0 Å². The predicted molar refractivity (Wildman–Crippen MR) is 56.8 cm³/mol. The number of furan rings is 1. The Morgan fingerprint density at radius 1 is 1.10 bits per heavy atom. The quantitative estimate of drug-likeness (QED) is 0.866. The maximum Gasteiger partial charge on any atom is 0.423 e. The second kappa shape index (κ2) is 5.65. The van der Waals surface area contributed by atoms with Crippen LogP contribution in [0.5, 0.6) is 0 Å². The van der Waals surface area contributed by atoms with Crippen LogP contribution < -0.4 is 5.73 Å². The Kier molecular flexibility index (Phi) is 4.75. The Labute approximate surface area is 110 Å². The third kappa shape index (κ3) is 4.14. The van der Waals surface area contributed by atoms with Crippen molar-refractivity contribution in [3.8, 4) is 0 Å². The number of rotatable bonds is 4. The summed E-state index contributed by atoms with van der Waals surface area (Å²) in [4.78, 5) is 0. The van der Waals surface area contributed by atoms with Crippen LogP contribution >= 0.6 is 0 Å². The molecular formula is C11H13F6NO2. The molecule has 2 N–H and O–H groups in total. The smallest absolute Gasteiger partial charge is 0.423 e. The minimum Gasteiger partial charge on any atom is -0.464 e. The minimum absolute atomic E-state index is 0.184. The van der Waals surface area contributed by atoms with Gasteiger partial charge in [-0.25, -0.2) is 0 Å². The van der Waals surface area contributed by atoms with E-state index in [0.717, 1.165) is 0 Å². The fourth-order valence-corrected chi connectivity index (χ4v) is 1.54. The van der Waals surface area contributed by atoms with Gasteiger partial charge in [0.05, 0.1) is 0 Å². The van der Waals surface area contributed by atoms with Crippen molar-refractivity contribution in [2.75, 3.05) is 0 Å². The van der Waals surface area contributed by atoms with Crippen LogP contribution in [0, 0.1) is 6.92 Å². The third-order valence-corrected chi connectivity index (χ3v) is 2.40. The van der Waals surface area contributed by atoms with E-state index in [1.807, 2.05) is 0 Å². The van der Waals surface area contributed by atoms with Crippen LogP contribution in [0.4, 0.5) is 26.3 Å². The predicted octanol–water partition coefficient (Wildman–Crippen LogP) is 3.49. The Hall–Kier alpha value is -1.22. The molecule has 1 rings (SSSR count). The molecule has 1 aromatic rings. The molecule has 1 aromatic heterocycles. The second-order valence-electron chi connectivity index (χ2n) is 4.33. The van der Waals surface area contributed by atoms with Gasteiger partial charge >= 0.3 is 12.4 Å². The van der Waals surface area contributed by atoms with Gasteiger partial charge in [0.1, 0.15) is 17.6 Å². The summed E-state index contributed by atoms with van der Waals surface area (Å²) in [6, 6.07) is 1.50. The van der Waals surface area contributed by atoms with Crippen LogP contribution in [-0.4, -0.2) is 24.5 Å². The SMILES string of the molecule is Cc1ccc(C(OC(C(F)(F)F)C(F)(F)F)C(C)N)o1. The van der Waals surface area contributed by atoms with Gasteiger partial charge in [-0.3, -0.25) is 0 Å². The summed E-state index contributed by atoms with van der Waals surface area (Å²) in [6.45, 7) is 2.72. The van der Waals surface area contributed by atoms with E-state index >= 15 is 0 Å². The number of hydrogen-bond donors (Lipinski definition) is 1. The zero-order chi connectivity index (χ0) is 15.7. The monoisotopic (exact) mass is 305 g/mol. The zero-order valence-corrected chi connectivity index (χ0v) is 10.5. The molecule has 0 aliphatic carbocycles. The molecule has 9 heteroatoms. The molecule has 2 unspecified atom stereocenters. The molecule has 116 valence electrons. The molecule has 0 aromatic carbocycles. The highest BCUT2D eigenvalue weighted by atomic mass is 19.4. The van der Waals surface area contributed by atoms with E-state index in [9.17, 15) is 26.3 Å². The van der Waals surface area contributed by atoms with Crippen LogP contribution in [0.1, 0.15) is 24.5 Å². The standard InChI is InChI=1S/C11H13F6NO2/c1-5-3-4-7(19-5)8(6(2)18)20-9(10(12,13)14)11(15,16)17/h3-4,6,8-9H,18H2,1-2H3. The first-order valence-electron chi connectivity index (χ1n) is 5.53. The van der Waals surface area contributed by atoms with Crippen molar-refractivity contribution in [1.29, 1.82) is 0 Å². The fourth-order valence-electron chi connectivity index (χ4n) is 1.54. The number of halogens is 6. The summed E-state index contributed by atoms with van der Waals surface area (Å²) in [5.41, 5.74) is 5.39. The van der Waals surface area contributed by atoms with Gasteiger partial charge in [-0.1, -0.05) is 0 Å². The zero-order valence-electron chi connectivity index (χ0n) is 10.5. The molecule has 0 fully saturated rings. The van der Waals surface area contributed by atoms with E-state index < -0.39 is 30.6 Å². The lowest BCUT2D eigenvalue weighted by atomic mass is 10.1. The van der Waals surface area contributed by atoms with Gasteiger partial charge in [-0.05, 0) is 26.0 Å². The van der Waals surface area contributed by atoms with Crippen molar-refractivity contribution in [1.82, 2.24) is 0 Å². The molecule has 0 spiro atoms. The summed E-state index contributed by atoms with van der Waals surface area (Å²) in [5.74, 6) is 0.140. The fraction of sp³-hybridized carbons (Fsp3) is 0.636. The molecule has 3 nitrogen and oxygen atoms in total. The first-order chi connectivity index (χ1) is 8.93. The summed E-state index contributed by atoms with van der Waals surface area (Å²) in [6.07, 6.45) is -16.8. The van der Waals surface area contributed by atoms with Gasteiger partial charge < -0.3 is 14.9 Å². The molecule has 0 saturated heterocycles. The van der Waals surface area contributed by atoms with Crippen molar-refractivity contribution < 1.29 is 35.5 Å². The lowest BCUT2D eigenvalue weighted by Gasteiger charge is -2.28. The van der Waals surface area contributed by atoms with Crippen LogP contribution in [-0.2, 0) is 4.74 Å². The minimum atomic E-state index is -5.59. The van der Waals surface area contributed by atoms with Crippen LogP contribution in [0.15, 0.2) is 16.5 Å². The average Bonchev–Trinajstić information content (AvgIpc) is 2.60. The van der Waals surface area contributed by atoms with Crippen LogP contribution in [0.3, 0.4) is 0 Å². The molecular weight excluding hydrogens is 292 g/mol. The van der Waals surface area contributed by atoms with Gasteiger partial charge in [-0.2, -0.15) is 26.3 Å². The Bertz CT molecular complexity index is 423. The van der Waals surface area contributed by atoms with E-state index in [4.69, 9.17) is 10.2 Å². The molecule has 0 saturated carbocycles. The molecule has 0 aliphatic heterocycles. The molecule has 2 atom stereocenters. The Morgan fingerprint density at radius 2 is 1.60 bits per heavy atom. The molecule has 0 aliphatic rings. The molecule has 0 amide bonds. The van der Waals surface area contributed by atoms with Crippen molar-refractivity contribution in [2.24, 2.45) is 5.73 Å². The van der Waals surface area contributed by atoms with Crippen LogP contribution in [0.25, 0.3) is 0 Å². The summed E-state index contributed by atoms with van der Waals surface area (Å²) in [7, 11) is 0. The van der Waals surface area contributed by atoms with Gasteiger partial charge in [-0.15, -0.1) is 0 Å². The van der Waals surface area contributed by atoms with E-state index in [1.54, 1.807) is 0 Å². The van der Waals surface area contributed by atoms with Crippen LogP contribution in [0.2, 0.25) is 0 Å². The van der Waals surface area contributed by atoms with Gasteiger partial charge in [0.25, 0.3) is 0 Å². The maximum absolute atomic E-state index is 12.4. The molecule has 0 bridgehead atoms. The Morgan fingerprint density at radius 3 is 1.90 bits per heavy atom. The van der Waals surface area contributed by atoms with E-state index in [-0.39, 0.29) is 5.76 Å². The van der Waals surface area contributed by atoms with Gasteiger partial charge in [0.15, 0.2) is 0 Å². The van der Waals surface area contributed by atoms with Gasteiger partial charge in [0.2, 0.25) is 6.10 Å². The van der Waals surface area contributed by atoms with E-state index in [0.29, 0.717) is 5.76 Å². The lowest BCUT2D eigenvalue weighted by molar-refractivity contribution is -0.333. The number of aryl methyl sites for hydroxylation is 1. The summed E-state index contributed by atoms with van der Waals surface area (Å²) < 4.78 is 83.8. The second-order valence-corrected chi connectivity index (χ2v) is 4.33. The molecule has 0 radical (unpaired) electrons. The number of nitrogens with two attached hydrogens (primary N) is 1. The number of alkyl halides is 6. The highest BCUT2D eigenvalue weighted by molar-refractivity contribution is 5.10. The first-order valence-corrected chi connectivity index (χ1v) is 5.53. The normalized spacial score (nSPS) is 16.5. The third-order valence-electron chi connectivity index (χ3n) is 2.40. The maximum atomic E-state index is 12.4. The Balaban J connectivity index is 3.05. The number of ether oxygens (including phenoxy) is 1. The molecule has 20 heavy (non-hydrogen) atoms. The number of hydrogen-bond acceptors (Lipinski definition) is 3. The molecule has 1 heterocycles. The lowest BCUT2D eigenvalue weighted by Crippen LogP contribution is -2.46.